The van der Waals surface area contributed by atoms with E-state index in [9.17, 15) is 0 Å². The van der Waals surface area contributed by atoms with Crippen LogP contribution in [0.25, 0.3) is 4.48 Å². The number of rotatable bonds is 0. The van der Waals surface area contributed by atoms with Crippen molar-refractivity contribution in [1.29, 1.82) is 0 Å². The van der Waals surface area contributed by atoms with Gasteiger partial charge in [0.1, 0.15) is 0 Å². The number of benzene rings is 1. The average molecular weight is 210 g/mol. The van der Waals surface area contributed by atoms with Crippen molar-refractivity contribution < 1.29 is 0 Å². The van der Waals surface area contributed by atoms with Crippen molar-refractivity contribution in [3.63, 3.8) is 0 Å². The van der Waals surface area contributed by atoms with Gasteiger partial charge in [-0.1, -0.05) is 24.3 Å². The van der Waals surface area contributed by atoms with Crippen molar-refractivity contribution in [3.05, 3.63) is 41.6 Å². The predicted molar refractivity (Wildman–Crippen MR) is 50.2 cm³/mol. The molecule has 1 aromatic carbocycles. The first-order valence-electron chi connectivity index (χ1n) is 3.55. The van der Waals surface area contributed by atoms with Gasteiger partial charge < -0.3 is 5.32 Å². The lowest BCUT2D eigenvalue weighted by Gasteiger charge is -2.14. The summed E-state index contributed by atoms with van der Waals surface area (Å²) in [4.78, 5) is 0. The minimum Gasteiger partial charge on any atom is -0.386 e. The quantitative estimate of drug-likeness (QED) is 0.693. The van der Waals surface area contributed by atoms with E-state index in [0.29, 0.717) is 0 Å². The van der Waals surface area contributed by atoms with E-state index in [0.717, 1.165) is 11.0 Å². The van der Waals surface area contributed by atoms with E-state index in [1.54, 1.807) is 0 Å². The van der Waals surface area contributed by atoms with Gasteiger partial charge in [-0.15, -0.1) is 0 Å². The molecule has 0 aromatic heterocycles. The molecule has 1 heterocycles. The van der Waals surface area contributed by atoms with Crippen LogP contribution in [0.2, 0.25) is 0 Å². The van der Waals surface area contributed by atoms with Crippen LogP contribution in [0, 0.1) is 0 Å². The lowest BCUT2D eigenvalue weighted by molar-refractivity contribution is 0.857. The van der Waals surface area contributed by atoms with Crippen molar-refractivity contribution in [2.24, 2.45) is 0 Å². The molecule has 0 aliphatic carbocycles. The third-order valence-corrected chi connectivity index (χ3v) is 2.45. The Morgan fingerprint density at radius 3 is 2.91 bits per heavy atom. The fraction of sp³-hybridized carbons (Fsp3) is 0.111. The van der Waals surface area contributed by atoms with E-state index in [-0.39, 0.29) is 0 Å². The van der Waals surface area contributed by atoms with E-state index >= 15 is 0 Å². The molecular weight excluding hydrogens is 202 g/mol. The zero-order chi connectivity index (χ0) is 7.68. The maximum atomic E-state index is 3.49. The van der Waals surface area contributed by atoms with Crippen LogP contribution in [0.15, 0.2) is 30.5 Å². The Bertz CT molecular complexity index is 304. The summed E-state index contributed by atoms with van der Waals surface area (Å²) in [6, 6.07) is 8.37. The molecule has 56 valence electrons. The van der Waals surface area contributed by atoms with Gasteiger partial charge >= 0.3 is 0 Å². The average Bonchev–Trinajstić information content (AvgIpc) is 2.06. The topological polar surface area (TPSA) is 12.0 Å². The molecule has 1 N–H and O–H groups in total. The van der Waals surface area contributed by atoms with Crippen LogP contribution in [0.3, 0.4) is 0 Å². The van der Waals surface area contributed by atoms with Gasteiger partial charge in [-0.3, -0.25) is 0 Å². The summed E-state index contributed by atoms with van der Waals surface area (Å²) < 4.78 is 1.14. The van der Waals surface area contributed by atoms with Crippen molar-refractivity contribution in [2.75, 3.05) is 0 Å². The third-order valence-electron chi connectivity index (χ3n) is 1.80. The van der Waals surface area contributed by atoms with E-state index in [2.05, 4.69) is 45.5 Å². The molecule has 0 unspecified atom stereocenters. The number of fused-ring (bicyclic) bond motifs is 1. The van der Waals surface area contributed by atoms with Gasteiger partial charge in [-0.2, -0.15) is 0 Å². The predicted octanol–water partition coefficient (Wildman–Crippen LogP) is 2.48. The molecule has 0 spiro atoms. The SMILES string of the molecule is BrC1=CNCc2ccccc21. The van der Waals surface area contributed by atoms with Crippen molar-refractivity contribution >= 4 is 20.4 Å². The number of hydrogen-bond donors (Lipinski definition) is 1. The molecule has 1 aliphatic heterocycles. The molecule has 1 aromatic rings. The molecule has 0 radical (unpaired) electrons. The van der Waals surface area contributed by atoms with Crippen molar-refractivity contribution in [2.45, 2.75) is 6.54 Å². The highest BCUT2D eigenvalue weighted by Gasteiger charge is 2.07. The number of nitrogens with one attached hydrogen (secondary N) is 1. The molecule has 0 bridgehead atoms. The van der Waals surface area contributed by atoms with Crippen molar-refractivity contribution in [3.8, 4) is 0 Å². The summed E-state index contributed by atoms with van der Waals surface area (Å²) in [5.74, 6) is 0. The third kappa shape index (κ3) is 1.18. The molecule has 1 aliphatic rings. The van der Waals surface area contributed by atoms with Crippen LogP contribution in [0.1, 0.15) is 11.1 Å². The summed E-state index contributed by atoms with van der Waals surface area (Å²) >= 11 is 3.49. The maximum absolute atomic E-state index is 3.49. The van der Waals surface area contributed by atoms with Gasteiger partial charge in [-0.05, 0) is 27.1 Å². The van der Waals surface area contributed by atoms with E-state index in [4.69, 9.17) is 0 Å². The lowest BCUT2D eigenvalue weighted by Crippen LogP contribution is -2.11. The van der Waals surface area contributed by atoms with Crippen molar-refractivity contribution in [1.82, 2.24) is 5.32 Å². The minimum atomic E-state index is 0.936. The second-order valence-corrected chi connectivity index (χ2v) is 3.38. The maximum Gasteiger partial charge on any atom is 0.0407 e. The Hall–Kier alpha value is -0.760. The molecule has 0 fully saturated rings. The van der Waals surface area contributed by atoms with Gasteiger partial charge in [-0.25, -0.2) is 0 Å². The highest BCUT2D eigenvalue weighted by atomic mass is 79.9. The van der Waals surface area contributed by atoms with Crippen LogP contribution in [0.4, 0.5) is 0 Å². The smallest absolute Gasteiger partial charge is 0.0407 e. The first-order chi connectivity index (χ1) is 5.38. The fourth-order valence-electron chi connectivity index (χ4n) is 1.24. The van der Waals surface area contributed by atoms with Crippen LogP contribution in [-0.4, -0.2) is 0 Å². The molecule has 0 saturated heterocycles. The highest BCUT2D eigenvalue weighted by Crippen LogP contribution is 2.26. The number of hydrogen-bond acceptors (Lipinski definition) is 1. The van der Waals surface area contributed by atoms with Crippen LogP contribution >= 0.6 is 15.9 Å². The molecule has 0 saturated carbocycles. The molecular formula is C9H8BrN. The first kappa shape index (κ1) is 6.92. The largest absolute Gasteiger partial charge is 0.386 e. The Balaban J connectivity index is 2.56. The van der Waals surface area contributed by atoms with Gasteiger partial charge in [0, 0.05) is 17.2 Å². The normalized spacial score (nSPS) is 14.8. The Labute approximate surface area is 74.2 Å². The van der Waals surface area contributed by atoms with E-state index in [1.807, 2.05) is 6.20 Å². The summed E-state index contributed by atoms with van der Waals surface area (Å²) in [7, 11) is 0. The fourth-order valence-corrected chi connectivity index (χ4v) is 1.78. The number of halogens is 1. The minimum absolute atomic E-state index is 0.936. The Morgan fingerprint density at radius 2 is 2.09 bits per heavy atom. The highest BCUT2D eigenvalue weighted by molar-refractivity contribution is 9.15. The zero-order valence-corrected chi connectivity index (χ0v) is 7.56. The molecule has 0 atom stereocenters. The van der Waals surface area contributed by atoms with Crippen LogP contribution in [0.5, 0.6) is 0 Å². The van der Waals surface area contributed by atoms with Gasteiger partial charge in [0.05, 0.1) is 0 Å². The van der Waals surface area contributed by atoms with Crippen LogP contribution in [-0.2, 0) is 6.54 Å². The summed E-state index contributed by atoms with van der Waals surface area (Å²) in [5.41, 5.74) is 2.65. The Kier molecular flexibility index (Phi) is 1.70. The molecule has 11 heavy (non-hydrogen) atoms. The summed E-state index contributed by atoms with van der Waals surface area (Å²) in [5, 5.41) is 3.18. The molecule has 2 rings (SSSR count). The zero-order valence-electron chi connectivity index (χ0n) is 5.97. The van der Waals surface area contributed by atoms with Gasteiger partial charge in [0.25, 0.3) is 0 Å². The molecule has 0 amide bonds. The molecule has 1 nitrogen and oxygen atoms in total. The molecule has 2 heteroatoms. The lowest BCUT2D eigenvalue weighted by atomic mass is 10.1. The van der Waals surface area contributed by atoms with E-state index < -0.39 is 0 Å². The van der Waals surface area contributed by atoms with Gasteiger partial charge in [0.15, 0.2) is 0 Å². The Morgan fingerprint density at radius 1 is 1.27 bits per heavy atom. The van der Waals surface area contributed by atoms with Gasteiger partial charge in [0.2, 0.25) is 0 Å². The second kappa shape index (κ2) is 2.70. The summed E-state index contributed by atoms with van der Waals surface area (Å²) in [6.07, 6.45) is 1.99. The standard InChI is InChI=1S/C9H8BrN/c10-9-6-11-5-7-3-1-2-4-8(7)9/h1-4,6,11H,5H2. The van der Waals surface area contributed by atoms with E-state index in [1.165, 1.54) is 11.1 Å². The summed E-state index contributed by atoms with van der Waals surface area (Å²) in [6.45, 7) is 0.936. The van der Waals surface area contributed by atoms with Crippen LogP contribution < -0.4 is 5.32 Å². The second-order valence-electron chi connectivity index (χ2n) is 2.53. The monoisotopic (exact) mass is 209 g/mol. The first-order valence-corrected chi connectivity index (χ1v) is 4.34.